The summed E-state index contributed by atoms with van der Waals surface area (Å²) in [6, 6.07) is 16.3. The summed E-state index contributed by atoms with van der Waals surface area (Å²) in [7, 11) is 0. The average molecular weight is 450 g/mol. The largest absolute Gasteiger partial charge is 0.478 e. The number of anilines is 1. The minimum Gasteiger partial charge on any atom is -0.478 e. The number of fused-ring (bicyclic) bond motifs is 3. The number of ether oxygens (including phenoxy) is 1. The Morgan fingerprint density at radius 2 is 1.69 bits per heavy atom. The molecule has 32 heavy (non-hydrogen) atoms. The highest BCUT2D eigenvalue weighted by atomic mass is 32.1. The molecule has 1 heterocycles. The van der Waals surface area contributed by atoms with E-state index in [1.54, 1.807) is 0 Å². The van der Waals surface area contributed by atoms with Crippen LogP contribution in [0.2, 0.25) is 0 Å². The van der Waals surface area contributed by atoms with Crippen LogP contribution in [0.3, 0.4) is 0 Å². The van der Waals surface area contributed by atoms with Crippen molar-refractivity contribution in [1.82, 2.24) is 0 Å². The molecule has 6 heteroatoms. The molecule has 2 N–H and O–H groups in total. The molecule has 166 valence electrons. The van der Waals surface area contributed by atoms with E-state index in [0.29, 0.717) is 17.3 Å². The Balaban J connectivity index is 1.51. The fourth-order valence-electron chi connectivity index (χ4n) is 4.36. The lowest BCUT2D eigenvalue weighted by Crippen LogP contribution is -2.19. The van der Waals surface area contributed by atoms with Crippen LogP contribution in [0.15, 0.2) is 48.5 Å². The van der Waals surface area contributed by atoms with Gasteiger partial charge in [0, 0.05) is 10.8 Å². The number of rotatable bonds is 7. The molecule has 1 aliphatic rings. The Morgan fingerprint density at radius 3 is 2.25 bits per heavy atom. The van der Waals surface area contributed by atoms with Gasteiger partial charge >= 0.3 is 12.1 Å². The van der Waals surface area contributed by atoms with Gasteiger partial charge in [-0.3, -0.25) is 5.32 Å². The second-order valence-electron chi connectivity index (χ2n) is 8.31. The first-order valence-corrected chi connectivity index (χ1v) is 11.7. The number of carbonyl (C=O) groups is 2. The molecular weight excluding hydrogens is 422 g/mol. The van der Waals surface area contributed by atoms with E-state index < -0.39 is 12.1 Å². The van der Waals surface area contributed by atoms with E-state index in [1.807, 2.05) is 31.2 Å². The zero-order valence-electron chi connectivity index (χ0n) is 18.5. The van der Waals surface area contributed by atoms with Gasteiger partial charge in [-0.15, -0.1) is 11.3 Å². The molecule has 3 aromatic rings. The van der Waals surface area contributed by atoms with E-state index in [0.717, 1.165) is 39.1 Å². The molecule has 5 nitrogen and oxygen atoms in total. The third-order valence-corrected chi connectivity index (χ3v) is 7.29. The van der Waals surface area contributed by atoms with E-state index in [4.69, 9.17) is 4.74 Å². The zero-order valence-corrected chi connectivity index (χ0v) is 19.3. The molecule has 1 amide bonds. The van der Waals surface area contributed by atoms with Crippen LogP contribution in [0, 0.1) is 12.8 Å². The van der Waals surface area contributed by atoms with Crippen LogP contribution in [0.5, 0.6) is 0 Å². The van der Waals surface area contributed by atoms with Crippen molar-refractivity contribution in [2.45, 2.75) is 39.5 Å². The van der Waals surface area contributed by atoms with Gasteiger partial charge in [0.05, 0.1) is 5.56 Å². The quantitative estimate of drug-likeness (QED) is 0.421. The maximum absolute atomic E-state index is 12.6. The number of aryl methyl sites for hydroxylation is 1. The van der Waals surface area contributed by atoms with Gasteiger partial charge in [0.15, 0.2) is 0 Å². The summed E-state index contributed by atoms with van der Waals surface area (Å²) in [6.45, 7) is 6.27. The van der Waals surface area contributed by atoms with Gasteiger partial charge in [0.1, 0.15) is 11.6 Å². The first-order chi connectivity index (χ1) is 15.4. The number of carboxylic acid groups (broad SMARTS) is 1. The SMILES string of the molecule is CCC(C)Cc1c(C)sc(NC(=O)OCC2c3ccccc3-c3ccccc32)c1C(=O)O. The van der Waals surface area contributed by atoms with Crippen molar-refractivity contribution in [2.75, 3.05) is 11.9 Å². The highest BCUT2D eigenvalue weighted by Gasteiger charge is 2.29. The van der Waals surface area contributed by atoms with Crippen molar-refractivity contribution >= 4 is 28.4 Å². The highest BCUT2D eigenvalue weighted by Crippen LogP contribution is 2.44. The second-order valence-corrected chi connectivity index (χ2v) is 9.54. The Bertz CT molecular complexity index is 1120. The molecule has 1 aromatic heterocycles. The molecule has 1 atom stereocenters. The van der Waals surface area contributed by atoms with Crippen molar-refractivity contribution in [2.24, 2.45) is 5.92 Å². The monoisotopic (exact) mass is 449 g/mol. The molecule has 4 rings (SSSR count). The smallest absolute Gasteiger partial charge is 0.412 e. The topological polar surface area (TPSA) is 75.6 Å². The van der Waals surface area contributed by atoms with Gasteiger partial charge in [-0.1, -0.05) is 68.8 Å². The molecule has 0 saturated carbocycles. The third-order valence-electron chi connectivity index (χ3n) is 6.23. The van der Waals surface area contributed by atoms with Crippen molar-refractivity contribution in [1.29, 1.82) is 0 Å². The number of nitrogens with one attached hydrogen (secondary N) is 1. The maximum atomic E-state index is 12.6. The van der Waals surface area contributed by atoms with Gasteiger partial charge in [-0.2, -0.15) is 0 Å². The first kappa shape index (κ1) is 22.1. The fourth-order valence-corrected chi connectivity index (χ4v) is 5.42. The lowest BCUT2D eigenvalue weighted by molar-refractivity contribution is 0.0697. The standard InChI is InChI=1S/C26H27NO4S/c1-4-15(2)13-21-16(3)32-24(23(21)25(28)29)27-26(30)31-14-22-19-11-7-5-9-17(19)18-10-6-8-12-20(18)22/h5-12,15,22H,4,13-14H2,1-3H3,(H,27,30)(H,28,29). The van der Waals surface area contributed by atoms with Gasteiger partial charge in [-0.05, 0) is 47.1 Å². The summed E-state index contributed by atoms with van der Waals surface area (Å²) in [6.07, 6.45) is 1.00. The van der Waals surface area contributed by atoms with Crippen molar-refractivity contribution in [3.63, 3.8) is 0 Å². The lowest BCUT2D eigenvalue weighted by Gasteiger charge is -2.14. The summed E-state index contributed by atoms with van der Waals surface area (Å²) in [5.74, 6) is -0.705. The molecule has 0 bridgehead atoms. The lowest BCUT2D eigenvalue weighted by atomic mass is 9.96. The van der Waals surface area contributed by atoms with E-state index in [1.165, 1.54) is 11.3 Å². The van der Waals surface area contributed by atoms with Gasteiger partial charge in [0.2, 0.25) is 0 Å². The van der Waals surface area contributed by atoms with Crippen LogP contribution in [0.4, 0.5) is 9.80 Å². The molecule has 1 unspecified atom stereocenters. The average Bonchev–Trinajstić information content (AvgIpc) is 3.26. The minimum absolute atomic E-state index is 0.0434. The molecule has 0 fully saturated rings. The van der Waals surface area contributed by atoms with Crippen LogP contribution >= 0.6 is 11.3 Å². The predicted octanol–water partition coefficient (Wildman–Crippen LogP) is 6.70. The summed E-state index contributed by atoms with van der Waals surface area (Å²) in [5.41, 5.74) is 5.57. The number of hydrogen-bond acceptors (Lipinski definition) is 4. The van der Waals surface area contributed by atoms with E-state index in [9.17, 15) is 14.7 Å². The van der Waals surface area contributed by atoms with Gasteiger partial charge in [-0.25, -0.2) is 9.59 Å². The molecule has 0 saturated heterocycles. The van der Waals surface area contributed by atoms with Crippen LogP contribution in [0.1, 0.15) is 58.1 Å². The summed E-state index contributed by atoms with van der Waals surface area (Å²) >= 11 is 1.29. The number of thiophene rings is 1. The number of carboxylic acids is 1. The maximum Gasteiger partial charge on any atom is 0.412 e. The normalized spacial score (nSPS) is 13.3. The molecule has 0 radical (unpaired) electrons. The predicted molar refractivity (Wildman–Crippen MR) is 128 cm³/mol. The molecule has 0 aliphatic heterocycles. The van der Waals surface area contributed by atoms with Crippen LogP contribution in [0.25, 0.3) is 11.1 Å². The van der Waals surface area contributed by atoms with Crippen molar-refractivity contribution < 1.29 is 19.4 Å². The highest BCUT2D eigenvalue weighted by molar-refractivity contribution is 7.16. The second kappa shape index (κ2) is 9.17. The number of amides is 1. The van der Waals surface area contributed by atoms with E-state index in [2.05, 4.69) is 43.4 Å². The Morgan fingerprint density at radius 1 is 1.09 bits per heavy atom. The first-order valence-electron chi connectivity index (χ1n) is 10.9. The zero-order chi connectivity index (χ0) is 22.8. The third kappa shape index (κ3) is 4.15. The summed E-state index contributed by atoms with van der Waals surface area (Å²) in [5, 5.41) is 12.8. The van der Waals surface area contributed by atoms with Crippen LogP contribution < -0.4 is 5.32 Å². The van der Waals surface area contributed by atoms with Crippen LogP contribution in [-0.2, 0) is 11.2 Å². The van der Waals surface area contributed by atoms with Crippen LogP contribution in [-0.4, -0.2) is 23.8 Å². The Hall–Kier alpha value is -3.12. The Kier molecular flexibility index (Phi) is 6.33. The van der Waals surface area contributed by atoms with E-state index in [-0.39, 0.29) is 18.1 Å². The van der Waals surface area contributed by atoms with Crippen molar-refractivity contribution in [3.05, 3.63) is 75.7 Å². The molecule has 1 aliphatic carbocycles. The number of benzene rings is 2. The number of carbonyl (C=O) groups excluding carboxylic acids is 1. The number of hydrogen-bond donors (Lipinski definition) is 2. The van der Waals surface area contributed by atoms with Gasteiger partial charge < -0.3 is 9.84 Å². The summed E-state index contributed by atoms with van der Waals surface area (Å²) in [4.78, 5) is 25.5. The van der Waals surface area contributed by atoms with E-state index >= 15 is 0 Å². The summed E-state index contributed by atoms with van der Waals surface area (Å²) < 4.78 is 5.59. The number of aromatic carboxylic acids is 1. The Labute approximate surface area is 192 Å². The molecular formula is C26H27NO4S. The minimum atomic E-state index is -1.03. The fraction of sp³-hybridized carbons (Fsp3) is 0.308. The van der Waals surface area contributed by atoms with Crippen molar-refractivity contribution in [3.8, 4) is 11.1 Å². The van der Waals surface area contributed by atoms with Gasteiger partial charge in [0.25, 0.3) is 0 Å². The molecule has 0 spiro atoms. The molecule has 2 aromatic carbocycles.